The van der Waals surface area contributed by atoms with Gasteiger partial charge in [0.05, 0.1) is 5.69 Å². The number of anilines is 1. The third kappa shape index (κ3) is 5.19. The van der Waals surface area contributed by atoms with Crippen molar-refractivity contribution in [3.63, 3.8) is 0 Å². The van der Waals surface area contributed by atoms with Crippen LogP contribution in [-0.4, -0.2) is 58.7 Å². The van der Waals surface area contributed by atoms with Gasteiger partial charge in [0.15, 0.2) is 5.13 Å². The number of aromatic nitrogens is 1. The number of hydrogen-bond donors (Lipinski definition) is 1. The molecule has 0 saturated carbocycles. The van der Waals surface area contributed by atoms with Crippen LogP contribution < -0.4 is 5.32 Å². The normalized spacial score (nSPS) is 14.8. The lowest BCUT2D eigenvalue weighted by Gasteiger charge is -2.35. The SMILES string of the molecule is CC(C)(C)OC(=O)N1CCN(C(=O)Nc2nc(-c3ccccc3)cs2)CC1. The molecule has 0 unspecified atom stereocenters. The maximum Gasteiger partial charge on any atom is 0.410 e. The van der Waals surface area contributed by atoms with Crippen molar-refractivity contribution in [1.82, 2.24) is 14.8 Å². The van der Waals surface area contributed by atoms with E-state index in [1.165, 1.54) is 11.3 Å². The molecule has 1 aromatic carbocycles. The zero-order chi connectivity index (χ0) is 19.4. The fourth-order valence-electron chi connectivity index (χ4n) is 2.66. The maximum atomic E-state index is 12.5. The lowest BCUT2D eigenvalue weighted by atomic mass is 10.2. The van der Waals surface area contributed by atoms with Crippen LogP contribution in [0, 0.1) is 0 Å². The average molecular weight is 388 g/mol. The summed E-state index contributed by atoms with van der Waals surface area (Å²) in [6, 6.07) is 9.63. The Morgan fingerprint density at radius 2 is 1.70 bits per heavy atom. The van der Waals surface area contributed by atoms with Crippen LogP contribution in [0.25, 0.3) is 11.3 Å². The molecule has 8 heteroatoms. The average Bonchev–Trinajstić information content (AvgIpc) is 3.09. The molecule has 27 heavy (non-hydrogen) atoms. The van der Waals surface area contributed by atoms with E-state index in [0.717, 1.165) is 11.3 Å². The molecule has 0 atom stereocenters. The lowest BCUT2D eigenvalue weighted by Crippen LogP contribution is -2.52. The van der Waals surface area contributed by atoms with E-state index in [2.05, 4.69) is 10.3 Å². The Balaban J connectivity index is 1.52. The number of piperazine rings is 1. The van der Waals surface area contributed by atoms with Gasteiger partial charge in [-0.3, -0.25) is 5.32 Å². The van der Waals surface area contributed by atoms with Crippen molar-refractivity contribution >= 4 is 28.6 Å². The second-order valence-electron chi connectivity index (χ2n) is 7.29. The number of hydrogen-bond acceptors (Lipinski definition) is 5. The monoisotopic (exact) mass is 388 g/mol. The Morgan fingerprint density at radius 3 is 2.33 bits per heavy atom. The van der Waals surface area contributed by atoms with Gasteiger partial charge in [-0.25, -0.2) is 14.6 Å². The first kappa shape index (κ1) is 19.2. The van der Waals surface area contributed by atoms with Gasteiger partial charge in [0.1, 0.15) is 5.60 Å². The highest BCUT2D eigenvalue weighted by atomic mass is 32.1. The second kappa shape index (κ2) is 7.96. The number of thiazole rings is 1. The van der Waals surface area contributed by atoms with Crippen molar-refractivity contribution in [2.45, 2.75) is 26.4 Å². The quantitative estimate of drug-likeness (QED) is 0.847. The molecule has 0 spiro atoms. The van der Waals surface area contributed by atoms with Crippen molar-refractivity contribution in [1.29, 1.82) is 0 Å². The van der Waals surface area contributed by atoms with Crippen LogP contribution in [0.1, 0.15) is 20.8 Å². The Kier molecular flexibility index (Phi) is 5.65. The molecule has 1 fully saturated rings. The summed E-state index contributed by atoms with van der Waals surface area (Å²) in [5.74, 6) is 0. The number of rotatable bonds is 2. The van der Waals surface area contributed by atoms with Crippen molar-refractivity contribution < 1.29 is 14.3 Å². The van der Waals surface area contributed by atoms with E-state index in [1.54, 1.807) is 9.80 Å². The summed E-state index contributed by atoms with van der Waals surface area (Å²) >= 11 is 1.39. The molecule has 144 valence electrons. The fourth-order valence-corrected chi connectivity index (χ4v) is 3.37. The van der Waals surface area contributed by atoms with E-state index in [4.69, 9.17) is 4.74 Å². The molecular weight excluding hydrogens is 364 g/mol. The third-order valence-corrected chi connectivity index (χ3v) is 4.76. The molecule has 0 radical (unpaired) electrons. The van der Waals surface area contributed by atoms with Gasteiger partial charge >= 0.3 is 12.1 Å². The van der Waals surface area contributed by atoms with Crippen LogP contribution in [0.3, 0.4) is 0 Å². The zero-order valence-corrected chi connectivity index (χ0v) is 16.6. The van der Waals surface area contributed by atoms with Crippen LogP contribution in [-0.2, 0) is 4.74 Å². The molecule has 2 aromatic rings. The van der Waals surface area contributed by atoms with Crippen LogP contribution in [0.2, 0.25) is 0 Å². The van der Waals surface area contributed by atoms with Gasteiger partial charge in [-0.2, -0.15) is 0 Å². The van der Waals surface area contributed by atoms with Gasteiger partial charge in [0.25, 0.3) is 0 Å². The Labute approximate surface area is 162 Å². The number of benzene rings is 1. The second-order valence-corrected chi connectivity index (χ2v) is 8.15. The van der Waals surface area contributed by atoms with E-state index >= 15 is 0 Å². The predicted octanol–water partition coefficient (Wildman–Crippen LogP) is 3.89. The zero-order valence-electron chi connectivity index (χ0n) is 15.8. The molecule has 1 aromatic heterocycles. The van der Waals surface area contributed by atoms with Gasteiger partial charge in [0.2, 0.25) is 0 Å². The molecule has 3 rings (SSSR count). The Morgan fingerprint density at radius 1 is 1.07 bits per heavy atom. The molecule has 1 aliphatic heterocycles. The minimum Gasteiger partial charge on any atom is -0.444 e. The van der Waals surface area contributed by atoms with Crippen molar-refractivity contribution in [2.75, 3.05) is 31.5 Å². The predicted molar refractivity (Wildman–Crippen MR) is 106 cm³/mol. The third-order valence-electron chi connectivity index (χ3n) is 4.01. The highest BCUT2D eigenvalue weighted by Crippen LogP contribution is 2.25. The minimum absolute atomic E-state index is 0.201. The summed E-state index contributed by atoms with van der Waals surface area (Å²) in [6.45, 7) is 7.35. The van der Waals surface area contributed by atoms with Crippen LogP contribution in [0.4, 0.5) is 14.7 Å². The first-order chi connectivity index (χ1) is 12.8. The van der Waals surface area contributed by atoms with E-state index in [-0.39, 0.29) is 12.1 Å². The first-order valence-corrected chi connectivity index (χ1v) is 9.74. The topological polar surface area (TPSA) is 74.8 Å². The van der Waals surface area contributed by atoms with Crippen LogP contribution >= 0.6 is 11.3 Å². The first-order valence-electron chi connectivity index (χ1n) is 8.87. The van der Waals surface area contributed by atoms with E-state index in [9.17, 15) is 9.59 Å². The van der Waals surface area contributed by atoms with E-state index in [0.29, 0.717) is 31.3 Å². The summed E-state index contributed by atoms with van der Waals surface area (Å²) in [7, 11) is 0. The Hall–Kier alpha value is -2.61. The number of nitrogens with zero attached hydrogens (tertiary/aromatic N) is 3. The number of carbonyl (C=O) groups is 2. The van der Waals surface area contributed by atoms with Crippen LogP contribution in [0.5, 0.6) is 0 Å². The van der Waals surface area contributed by atoms with E-state index < -0.39 is 5.60 Å². The molecule has 0 bridgehead atoms. The van der Waals surface area contributed by atoms with Gasteiger partial charge in [-0.1, -0.05) is 30.3 Å². The molecule has 3 amide bonds. The summed E-state index contributed by atoms with van der Waals surface area (Å²) in [5.41, 5.74) is 1.33. The van der Waals surface area contributed by atoms with Gasteiger partial charge in [0, 0.05) is 37.1 Å². The van der Waals surface area contributed by atoms with E-state index in [1.807, 2.05) is 56.5 Å². The maximum absolute atomic E-state index is 12.5. The highest BCUT2D eigenvalue weighted by Gasteiger charge is 2.27. The molecular formula is C19H24N4O3S. The summed E-state index contributed by atoms with van der Waals surface area (Å²) in [4.78, 5) is 32.4. The van der Waals surface area contributed by atoms with Gasteiger partial charge in [-0.15, -0.1) is 11.3 Å². The summed E-state index contributed by atoms with van der Waals surface area (Å²) in [5, 5.41) is 5.33. The molecule has 1 saturated heterocycles. The number of amides is 3. The minimum atomic E-state index is -0.521. The molecule has 1 N–H and O–H groups in total. The molecule has 1 aliphatic rings. The summed E-state index contributed by atoms with van der Waals surface area (Å²) < 4.78 is 5.37. The standard InChI is InChI=1S/C19H24N4O3S/c1-19(2,3)26-18(25)23-11-9-22(10-12-23)17(24)21-16-20-15(13-27-16)14-7-5-4-6-8-14/h4-8,13H,9-12H2,1-3H3,(H,20,21,24). The van der Waals surface area contributed by atoms with Crippen molar-refractivity contribution in [2.24, 2.45) is 0 Å². The van der Waals surface area contributed by atoms with Crippen molar-refractivity contribution in [3.8, 4) is 11.3 Å². The molecule has 0 aliphatic carbocycles. The van der Waals surface area contributed by atoms with Gasteiger partial charge in [-0.05, 0) is 20.8 Å². The number of nitrogens with one attached hydrogen (secondary N) is 1. The smallest absolute Gasteiger partial charge is 0.410 e. The lowest BCUT2D eigenvalue weighted by molar-refractivity contribution is 0.0174. The Bertz CT molecular complexity index is 793. The number of ether oxygens (including phenoxy) is 1. The highest BCUT2D eigenvalue weighted by molar-refractivity contribution is 7.14. The van der Waals surface area contributed by atoms with Crippen LogP contribution in [0.15, 0.2) is 35.7 Å². The van der Waals surface area contributed by atoms with Gasteiger partial charge < -0.3 is 14.5 Å². The largest absolute Gasteiger partial charge is 0.444 e. The molecule has 7 nitrogen and oxygen atoms in total. The summed E-state index contributed by atoms with van der Waals surface area (Å²) in [6.07, 6.45) is -0.338. The number of urea groups is 1. The molecule has 2 heterocycles. The fraction of sp³-hybridized carbons (Fsp3) is 0.421. The van der Waals surface area contributed by atoms with Crippen molar-refractivity contribution in [3.05, 3.63) is 35.7 Å². The number of carbonyl (C=O) groups excluding carboxylic acids is 2.